The van der Waals surface area contributed by atoms with Crippen molar-refractivity contribution in [3.8, 4) is 11.5 Å². The van der Waals surface area contributed by atoms with Crippen LogP contribution >= 0.6 is 0 Å². The van der Waals surface area contributed by atoms with Crippen LogP contribution in [0.2, 0.25) is 0 Å². The Hall–Kier alpha value is -4.79. The Morgan fingerprint density at radius 3 is 1.98 bits per heavy atom. The molecule has 2 amide bonds. The standard InChI is InChI=1S/C18H19FN2O2.C18H22N2O2.2H2/c1-12(13-5-6-13)21-18(22)14-7-8-16(20-10-14)11-23-17-4-2-3-15(19)9-17;1-14(2)10-11-19-18(21)15-8-9-16(20-12-15)13-22-17-6-4-3-5-7-17;;/h2-4,7-10,12-13H,5-6,11H2,1H3,(H,21,22);3-9,12,14H,10-11,13H2,1-2H3,(H,19,21);2*1H/t12-;;;/m1.../s1. The highest BCUT2D eigenvalue weighted by atomic mass is 19.1. The molecule has 9 heteroatoms. The van der Waals surface area contributed by atoms with Crippen molar-refractivity contribution in [2.75, 3.05) is 6.54 Å². The van der Waals surface area contributed by atoms with Gasteiger partial charge in [-0.3, -0.25) is 19.6 Å². The number of carbonyl (C=O) groups excluding carboxylic acids is 2. The van der Waals surface area contributed by atoms with Crippen LogP contribution in [0.3, 0.4) is 0 Å². The lowest BCUT2D eigenvalue weighted by atomic mass is 10.1. The van der Waals surface area contributed by atoms with Crippen LogP contribution in [-0.4, -0.2) is 34.4 Å². The van der Waals surface area contributed by atoms with Crippen LogP contribution in [0, 0.1) is 17.7 Å². The Balaban J connectivity index is 0.000000314. The molecule has 0 spiro atoms. The molecule has 45 heavy (non-hydrogen) atoms. The Morgan fingerprint density at radius 1 is 0.822 bits per heavy atom. The minimum absolute atomic E-state index is 0. The van der Waals surface area contributed by atoms with Gasteiger partial charge in [0.1, 0.15) is 30.5 Å². The molecule has 1 fully saturated rings. The fourth-order valence-electron chi connectivity index (χ4n) is 4.26. The van der Waals surface area contributed by atoms with Gasteiger partial charge >= 0.3 is 0 Å². The number of hydrogen-bond acceptors (Lipinski definition) is 6. The molecule has 0 radical (unpaired) electrons. The van der Waals surface area contributed by atoms with Crippen molar-refractivity contribution in [3.05, 3.63) is 120 Å². The number of hydrogen-bond donors (Lipinski definition) is 2. The summed E-state index contributed by atoms with van der Waals surface area (Å²) in [6, 6.07) is 22.8. The second-order valence-corrected chi connectivity index (χ2v) is 11.5. The Morgan fingerprint density at radius 2 is 1.42 bits per heavy atom. The second kappa shape index (κ2) is 16.9. The van der Waals surface area contributed by atoms with Gasteiger partial charge in [0.05, 0.1) is 22.5 Å². The molecule has 2 aromatic heterocycles. The van der Waals surface area contributed by atoms with Crippen molar-refractivity contribution in [3.63, 3.8) is 0 Å². The molecule has 5 rings (SSSR count). The first-order valence-electron chi connectivity index (χ1n) is 15.3. The molecule has 4 aromatic rings. The molecule has 1 atom stereocenters. The molecular weight excluding hydrogens is 571 g/mol. The summed E-state index contributed by atoms with van der Waals surface area (Å²) in [6.45, 7) is 7.60. The van der Waals surface area contributed by atoms with Crippen LogP contribution in [0.15, 0.2) is 91.3 Å². The summed E-state index contributed by atoms with van der Waals surface area (Å²) in [6.07, 6.45) is 6.49. The second-order valence-electron chi connectivity index (χ2n) is 11.5. The van der Waals surface area contributed by atoms with Gasteiger partial charge in [0.15, 0.2) is 0 Å². The lowest BCUT2D eigenvalue weighted by Crippen LogP contribution is -2.34. The summed E-state index contributed by atoms with van der Waals surface area (Å²) in [5, 5.41) is 5.89. The average molecular weight is 617 g/mol. The van der Waals surface area contributed by atoms with Gasteiger partial charge in [0, 0.05) is 33.9 Å². The number of para-hydroxylation sites is 1. The minimum Gasteiger partial charge on any atom is -0.487 e. The van der Waals surface area contributed by atoms with E-state index in [4.69, 9.17) is 9.47 Å². The molecular formula is C36H45FN4O4. The largest absolute Gasteiger partial charge is 0.487 e. The van der Waals surface area contributed by atoms with E-state index in [1.165, 1.54) is 25.0 Å². The molecule has 2 heterocycles. The number of pyridine rings is 2. The van der Waals surface area contributed by atoms with E-state index in [0.29, 0.717) is 47.6 Å². The highest BCUT2D eigenvalue weighted by Crippen LogP contribution is 2.32. The Bertz CT molecular complexity index is 1510. The molecule has 8 nitrogen and oxygen atoms in total. The zero-order valence-corrected chi connectivity index (χ0v) is 26.0. The average Bonchev–Trinajstić information content (AvgIpc) is 3.90. The van der Waals surface area contributed by atoms with Crippen molar-refractivity contribution in [1.82, 2.24) is 20.6 Å². The van der Waals surface area contributed by atoms with E-state index in [2.05, 4.69) is 34.4 Å². The summed E-state index contributed by atoms with van der Waals surface area (Å²) < 4.78 is 24.2. The normalized spacial score (nSPS) is 12.8. The van der Waals surface area contributed by atoms with E-state index in [-0.39, 0.29) is 33.1 Å². The SMILES string of the molecule is CC(C)CCNC(=O)c1ccc(COc2ccccc2)nc1.C[C@@H](NC(=O)c1ccc(COc2cccc(F)c2)nc1)C1CC1.[HH].[HH]. The molecule has 1 saturated carbocycles. The molecule has 0 aliphatic heterocycles. The molecule has 2 aromatic carbocycles. The summed E-state index contributed by atoms with van der Waals surface area (Å²) in [4.78, 5) is 32.5. The van der Waals surface area contributed by atoms with Gasteiger partial charge in [-0.1, -0.05) is 38.1 Å². The summed E-state index contributed by atoms with van der Waals surface area (Å²) in [5.41, 5.74) is 2.59. The third-order valence-electron chi connectivity index (χ3n) is 7.18. The number of nitrogens with one attached hydrogen (secondary N) is 2. The highest BCUT2D eigenvalue weighted by molar-refractivity contribution is 5.94. The third-order valence-corrected chi connectivity index (χ3v) is 7.18. The first kappa shape index (κ1) is 33.1. The van der Waals surface area contributed by atoms with E-state index >= 15 is 0 Å². The maximum Gasteiger partial charge on any atom is 0.253 e. The third kappa shape index (κ3) is 11.7. The highest BCUT2D eigenvalue weighted by Gasteiger charge is 2.29. The molecule has 0 bridgehead atoms. The first-order valence-corrected chi connectivity index (χ1v) is 15.3. The molecule has 1 aliphatic carbocycles. The predicted molar refractivity (Wildman–Crippen MR) is 176 cm³/mol. The van der Waals surface area contributed by atoms with Gasteiger partial charge in [-0.25, -0.2) is 4.39 Å². The Kier molecular flexibility index (Phi) is 12.4. The molecule has 1 aliphatic rings. The van der Waals surface area contributed by atoms with Gasteiger partial charge in [0.25, 0.3) is 11.8 Å². The van der Waals surface area contributed by atoms with Crippen molar-refractivity contribution in [2.24, 2.45) is 11.8 Å². The number of amides is 2. The molecule has 240 valence electrons. The van der Waals surface area contributed by atoms with E-state index < -0.39 is 0 Å². The van der Waals surface area contributed by atoms with Gasteiger partial charge < -0.3 is 20.1 Å². The molecule has 0 unspecified atom stereocenters. The van der Waals surface area contributed by atoms with Crippen molar-refractivity contribution < 1.29 is 26.3 Å². The summed E-state index contributed by atoms with van der Waals surface area (Å²) >= 11 is 0. The summed E-state index contributed by atoms with van der Waals surface area (Å²) in [5.74, 6) is 1.93. The number of ether oxygens (including phenoxy) is 2. The zero-order chi connectivity index (χ0) is 32.0. The number of halogens is 1. The molecule has 0 saturated heterocycles. The number of benzene rings is 2. The first-order chi connectivity index (χ1) is 21.8. The van der Waals surface area contributed by atoms with E-state index in [1.54, 1.807) is 42.7 Å². The topological polar surface area (TPSA) is 102 Å². The van der Waals surface area contributed by atoms with Crippen LogP contribution < -0.4 is 20.1 Å². The van der Waals surface area contributed by atoms with Crippen molar-refractivity contribution >= 4 is 11.8 Å². The van der Waals surface area contributed by atoms with Gasteiger partial charge in [-0.05, 0) is 86.6 Å². The monoisotopic (exact) mass is 616 g/mol. The fraction of sp³-hybridized carbons (Fsp3) is 0.333. The molecule has 2 N–H and O–H groups in total. The summed E-state index contributed by atoms with van der Waals surface area (Å²) in [7, 11) is 0. The number of carbonyl (C=O) groups is 2. The smallest absolute Gasteiger partial charge is 0.253 e. The van der Waals surface area contributed by atoms with Crippen LogP contribution in [-0.2, 0) is 13.2 Å². The van der Waals surface area contributed by atoms with Crippen LogP contribution in [0.1, 0.15) is 75.0 Å². The van der Waals surface area contributed by atoms with E-state index in [0.717, 1.165) is 17.9 Å². The number of aromatic nitrogens is 2. The van der Waals surface area contributed by atoms with Gasteiger partial charge in [-0.15, -0.1) is 0 Å². The van der Waals surface area contributed by atoms with Crippen LogP contribution in [0.4, 0.5) is 4.39 Å². The van der Waals surface area contributed by atoms with E-state index in [9.17, 15) is 14.0 Å². The Labute approximate surface area is 267 Å². The number of nitrogens with zero attached hydrogens (tertiary/aromatic N) is 2. The van der Waals surface area contributed by atoms with Crippen LogP contribution in [0.25, 0.3) is 0 Å². The maximum absolute atomic E-state index is 13.1. The zero-order valence-electron chi connectivity index (χ0n) is 26.0. The number of rotatable bonds is 13. The minimum atomic E-state index is -0.340. The van der Waals surface area contributed by atoms with Gasteiger partial charge in [0.2, 0.25) is 0 Å². The quantitative estimate of drug-likeness (QED) is 0.164. The van der Waals surface area contributed by atoms with Crippen molar-refractivity contribution in [1.29, 1.82) is 0 Å². The van der Waals surface area contributed by atoms with Gasteiger partial charge in [-0.2, -0.15) is 0 Å². The van der Waals surface area contributed by atoms with E-state index in [1.807, 2.05) is 43.3 Å². The predicted octanol–water partition coefficient (Wildman–Crippen LogP) is 7.26. The fourth-order valence-corrected chi connectivity index (χ4v) is 4.26. The lowest BCUT2D eigenvalue weighted by Gasteiger charge is -2.12. The van der Waals surface area contributed by atoms with Crippen molar-refractivity contribution in [2.45, 2.75) is 59.3 Å². The maximum atomic E-state index is 13.1. The van der Waals surface area contributed by atoms with Crippen LogP contribution in [0.5, 0.6) is 11.5 Å². The lowest BCUT2D eigenvalue weighted by molar-refractivity contribution is 0.0931.